The average Bonchev–Trinajstić information content (AvgIpc) is 2.67. The van der Waals surface area contributed by atoms with Crippen LogP contribution in [0.4, 0.5) is 13.2 Å². The molecule has 2 aromatic carbocycles. The summed E-state index contributed by atoms with van der Waals surface area (Å²) in [6.45, 7) is 0.326. The monoisotopic (exact) mass is 368 g/mol. The number of nitrogens with one attached hydrogen (secondary N) is 1. The third-order valence-corrected chi connectivity index (χ3v) is 5.04. The fraction of sp³-hybridized carbons (Fsp3) is 0.227. The second-order valence-electron chi connectivity index (χ2n) is 6.78. The molecule has 1 heterocycles. The molecule has 5 heteroatoms. The summed E-state index contributed by atoms with van der Waals surface area (Å²) in [5, 5.41) is 3.37. The molecule has 138 valence electrons. The van der Waals surface area contributed by atoms with Gasteiger partial charge in [-0.3, -0.25) is 4.98 Å². The lowest BCUT2D eigenvalue weighted by Crippen LogP contribution is -2.26. The molecule has 27 heavy (non-hydrogen) atoms. The number of hydrogen-bond donors (Lipinski definition) is 1. The third kappa shape index (κ3) is 3.60. The minimum atomic E-state index is -0.704. The summed E-state index contributed by atoms with van der Waals surface area (Å²) in [5.41, 5.74) is 2.69. The third-order valence-electron chi connectivity index (χ3n) is 5.04. The van der Waals surface area contributed by atoms with E-state index >= 15 is 0 Å². The van der Waals surface area contributed by atoms with Crippen LogP contribution in [-0.2, 0) is 13.0 Å². The van der Waals surface area contributed by atoms with Gasteiger partial charge in [0.1, 0.15) is 17.5 Å². The Hall–Kier alpha value is -2.66. The highest BCUT2D eigenvalue weighted by Crippen LogP contribution is 2.30. The van der Waals surface area contributed by atoms with Crippen molar-refractivity contribution in [3.8, 4) is 11.1 Å². The minimum Gasteiger partial charge on any atom is -0.304 e. The van der Waals surface area contributed by atoms with E-state index in [-0.39, 0.29) is 17.2 Å². The number of rotatable bonds is 4. The van der Waals surface area contributed by atoms with E-state index in [4.69, 9.17) is 0 Å². The number of aromatic nitrogens is 1. The number of pyridine rings is 1. The van der Waals surface area contributed by atoms with Gasteiger partial charge in [-0.2, -0.15) is 0 Å². The van der Waals surface area contributed by atoms with Crippen LogP contribution in [0.1, 0.15) is 35.7 Å². The summed E-state index contributed by atoms with van der Waals surface area (Å²) in [6.07, 6.45) is 4.80. The maximum atomic E-state index is 14.5. The molecule has 0 spiro atoms. The summed E-state index contributed by atoms with van der Waals surface area (Å²) in [4.78, 5) is 4.47. The molecule has 1 aromatic heterocycles. The molecule has 0 saturated heterocycles. The zero-order valence-corrected chi connectivity index (χ0v) is 14.7. The number of fused-ring (bicyclic) bond motifs is 1. The first-order valence-corrected chi connectivity index (χ1v) is 9.03. The molecule has 0 radical (unpaired) electrons. The molecule has 0 unspecified atom stereocenters. The van der Waals surface area contributed by atoms with Crippen molar-refractivity contribution in [2.45, 2.75) is 31.8 Å². The Bertz CT molecular complexity index is 951. The van der Waals surface area contributed by atoms with Crippen LogP contribution in [0.5, 0.6) is 0 Å². The molecular weight excluding hydrogens is 349 g/mol. The Morgan fingerprint density at radius 3 is 2.56 bits per heavy atom. The number of hydrogen-bond acceptors (Lipinski definition) is 2. The summed E-state index contributed by atoms with van der Waals surface area (Å²) >= 11 is 0. The first-order valence-electron chi connectivity index (χ1n) is 9.03. The van der Waals surface area contributed by atoms with Crippen molar-refractivity contribution in [2.75, 3.05) is 0 Å². The second kappa shape index (κ2) is 7.53. The van der Waals surface area contributed by atoms with Crippen molar-refractivity contribution in [2.24, 2.45) is 0 Å². The first kappa shape index (κ1) is 17.7. The van der Waals surface area contributed by atoms with Crippen LogP contribution in [0, 0.1) is 17.5 Å². The molecule has 2 nitrogen and oxygen atoms in total. The maximum absolute atomic E-state index is 14.5. The van der Waals surface area contributed by atoms with Crippen LogP contribution in [0.3, 0.4) is 0 Å². The van der Waals surface area contributed by atoms with Gasteiger partial charge in [-0.15, -0.1) is 0 Å². The van der Waals surface area contributed by atoms with E-state index in [0.717, 1.165) is 25.0 Å². The largest absolute Gasteiger partial charge is 0.304 e. The molecule has 1 N–H and O–H groups in total. The molecule has 1 atom stereocenters. The van der Waals surface area contributed by atoms with Gasteiger partial charge in [0.25, 0.3) is 0 Å². The van der Waals surface area contributed by atoms with Crippen LogP contribution in [0.15, 0.2) is 54.7 Å². The van der Waals surface area contributed by atoms with Gasteiger partial charge in [0.2, 0.25) is 0 Å². The Morgan fingerprint density at radius 1 is 0.963 bits per heavy atom. The first-order chi connectivity index (χ1) is 13.1. The quantitative estimate of drug-likeness (QED) is 0.673. The number of halogens is 3. The SMILES string of the molecule is Fc1cc(-c2c(F)cccc2F)ccc1CN[C@@H]1CCCc2cccnc21. The van der Waals surface area contributed by atoms with E-state index in [1.165, 1.54) is 29.8 Å². The number of benzene rings is 2. The average molecular weight is 368 g/mol. The normalized spacial score (nSPS) is 16.2. The predicted molar refractivity (Wildman–Crippen MR) is 98.5 cm³/mol. The van der Waals surface area contributed by atoms with Gasteiger partial charge in [-0.05, 0) is 54.7 Å². The van der Waals surface area contributed by atoms with E-state index in [0.29, 0.717) is 12.1 Å². The summed E-state index contributed by atoms with van der Waals surface area (Å²) < 4.78 is 42.4. The van der Waals surface area contributed by atoms with Gasteiger partial charge in [0.15, 0.2) is 0 Å². The van der Waals surface area contributed by atoms with E-state index in [2.05, 4.69) is 16.4 Å². The Balaban J connectivity index is 1.53. The number of nitrogens with zero attached hydrogens (tertiary/aromatic N) is 1. The Kier molecular flexibility index (Phi) is 4.94. The van der Waals surface area contributed by atoms with Crippen LogP contribution < -0.4 is 5.32 Å². The molecule has 3 aromatic rings. The van der Waals surface area contributed by atoms with Crippen LogP contribution in [-0.4, -0.2) is 4.98 Å². The van der Waals surface area contributed by atoms with E-state index < -0.39 is 17.5 Å². The molecular formula is C22H19F3N2. The van der Waals surface area contributed by atoms with Gasteiger partial charge >= 0.3 is 0 Å². The van der Waals surface area contributed by atoms with Crippen molar-refractivity contribution in [1.29, 1.82) is 0 Å². The minimum absolute atomic E-state index is 0.0815. The second-order valence-corrected chi connectivity index (χ2v) is 6.78. The molecule has 0 bridgehead atoms. The van der Waals surface area contributed by atoms with Gasteiger partial charge in [-0.25, -0.2) is 13.2 Å². The molecule has 4 rings (SSSR count). The topological polar surface area (TPSA) is 24.9 Å². The van der Waals surface area contributed by atoms with Crippen molar-refractivity contribution >= 4 is 0 Å². The van der Waals surface area contributed by atoms with Gasteiger partial charge in [-0.1, -0.05) is 24.3 Å². The summed E-state index contributed by atoms with van der Waals surface area (Å²) in [7, 11) is 0. The highest BCUT2D eigenvalue weighted by Gasteiger charge is 2.21. The van der Waals surface area contributed by atoms with Gasteiger partial charge < -0.3 is 5.32 Å². The van der Waals surface area contributed by atoms with Crippen LogP contribution in [0.2, 0.25) is 0 Å². The highest BCUT2D eigenvalue weighted by molar-refractivity contribution is 5.65. The molecule has 0 aliphatic heterocycles. The zero-order chi connectivity index (χ0) is 18.8. The number of aryl methyl sites for hydroxylation is 1. The Morgan fingerprint density at radius 2 is 1.78 bits per heavy atom. The molecule has 0 saturated carbocycles. The van der Waals surface area contributed by atoms with E-state index in [9.17, 15) is 13.2 Å². The summed E-state index contributed by atoms with van der Waals surface area (Å²) in [5.74, 6) is -1.89. The van der Waals surface area contributed by atoms with E-state index in [1.54, 1.807) is 18.3 Å². The van der Waals surface area contributed by atoms with Gasteiger partial charge in [0.05, 0.1) is 17.3 Å². The molecule has 0 fully saturated rings. The Labute approximate surface area is 156 Å². The lowest BCUT2D eigenvalue weighted by Gasteiger charge is -2.25. The van der Waals surface area contributed by atoms with Crippen LogP contribution >= 0.6 is 0 Å². The highest BCUT2D eigenvalue weighted by atomic mass is 19.1. The predicted octanol–water partition coefficient (Wildman–Crippen LogP) is 5.33. The molecule has 1 aliphatic carbocycles. The zero-order valence-electron chi connectivity index (χ0n) is 14.7. The van der Waals surface area contributed by atoms with Crippen molar-refractivity contribution in [3.05, 3.63) is 89.0 Å². The van der Waals surface area contributed by atoms with Crippen molar-refractivity contribution in [3.63, 3.8) is 0 Å². The van der Waals surface area contributed by atoms with E-state index in [1.807, 2.05) is 6.07 Å². The maximum Gasteiger partial charge on any atom is 0.133 e. The van der Waals surface area contributed by atoms with Crippen molar-refractivity contribution < 1.29 is 13.2 Å². The summed E-state index contributed by atoms with van der Waals surface area (Å²) in [6, 6.07) is 12.0. The lowest BCUT2D eigenvalue weighted by atomic mass is 9.92. The molecule has 1 aliphatic rings. The van der Waals surface area contributed by atoms with Crippen LogP contribution in [0.25, 0.3) is 11.1 Å². The van der Waals surface area contributed by atoms with Crippen molar-refractivity contribution in [1.82, 2.24) is 10.3 Å². The molecule has 0 amide bonds. The smallest absolute Gasteiger partial charge is 0.133 e. The standard InChI is InChI=1S/C22H19F3N2/c23-17-6-2-7-18(24)21(17)15-9-10-16(19(25)12-15)13-27-20-8-1-4-14-5-3-11-26-22(14)20/h2-3,5-7,9-12,20,27H,1,4,8,13H2/t20-/m1/s1. The van der Waals surface area contributed by atoms with Gasteiger partial charge in [0, 0.05) is 18.3 Å². The fourth-order valence-corrected chi connectivity index (χ4v) is 3.66. The lowest BCUT2D eigenvalue weighted by molar-refractivity contribution is 0.442. The fourth-order valence-electron chi connectivity index (χ4n) is 3.66.